The molecule has 0 unspecified atom stereocenters. The van der Waals surface area contributed by atoms with E-state index < -0.39 is 12.0 Å². The number of halogens is 3. The van der Waals surface area contributed by atoms with E-state index in [0.717, 1.165) is 30.4 Å². The summed E-state index contributed by atoms with van der Waals surface area (Å²) in [5, 5.41) is 15.4. The third kappa shape index (κ3) is 3.99. The molecule has 0 bridgehead atoms. The molecule has 1 N–H and O–H groups in total. The smallest absolute Gasteiger partial charge is 0.370 e. The minimum Gasteiger partial charge on any atom is -0.370 e. The Labute approximate surface area is 142 Å². The average molecular weight is 353 g/mol. The number of alkyl halides is 3. The lowest BCUT2D eigenvalue weighted by atomic mass is 9.97. The molecule has 134 valence electrons. The molecular weight excluding hydrogens is 335 g/mol. The molecule has 0 atom stereocenters. The van der Waals surface area contributed by atoms with E-state index in [1.807, 2.05) is 0 Å². The van der Waals surface area contributed by atoms with Crippen molar-refractivity contribution in [3.8, 4) is 6.07 Å². The first-order chi connectivity index (χ1) is 11.9. The van der Waals surface area contributed by atoms with Crippen molar-refractivity contribution in [3.63, 3.8) is 0 Å². The number of aromatic nitrogens is 4. The summed E-state index contributed by atoms with van der Waals surface area (Å²) < 4.78 is 39.6. The summed E-state index contributed by atoms with van der Waals surface area (Å²) in [5.41, 5.74) is 0.569. The largest absolute Gasteiger partial charge is 0.453 e. The molecular formula is C15H18F3N7. The number of hydrogen-bond acceptors (Lipinski definition) is 6. The van der Waals surface area contributed by atoms with Gasteiger partial charge < -0.3 is 5.32 Å². The number of hydrogen-bond donors (Lipinski definition) is 1. The van der Waals surface area contributed by atoms with Crippen LogP contribution in [0, 0.1) is 24.2 Å². The summed E-state index contributed by atoms with van der Waals surface area (Å²) in [4.78, 5) is 9.57. The van der Waals surface area contributed by atoms with Crippen molar-refractivity contribution in [1.29, 1.82) is 5.26 Å². The van der Waals surface area contributed by atoms with Gasteiger partial charge in [-0.15, -0.1) is 5.10 Å². The molecule has 1 aliphatic heterocycles. The fourth-order valence-corrected chi connectivity index (χ4v) is 2.93. The Morgan fingerprint density at radius 3 is 2.68 bits per heavy atom. The van der Waals surface area contributed by atoms with Gasteiger partial charge in [0.15, 0.2) is 0 Å². The molecule has 0 spiro atoms. The Morgan fingerprint density at radius 2 is 2.04 bits per heavy atom. The fourth-order valence-electron chi connectivity index (χ4n) is 2.93. The Hall–Kier alpha value is -2.41. The van der Waals surface area contributed by atoms with Crippen LogP contribution < -0.4 is 5.32 Å². The summed E-state index contributed by atoms with van der Waals surface area (Å²) >= 11 is 0. The molecule has 3 rings (SSSR count). The second kappa shape index (κ2) is 6.84. The van der Waals surface area contributed by atoms with Crippen LogP contribution in [0.5, 0.6) is 0 Å². The Morgan fingerprint density at radius 1 is 1.32 bits per heavy atom. The summed E-state index contributed by atoms with van der Waals surface area (Å²) in [7, 11) is 0. The van der Waals surface area contributed by atoms with Gasteiger partial charge in [0.25, 0.3) is 11.6 Å². The number of nitrogens with zero attached hydrogens (tertiary/aromatic N) is 6. The maximum atomic E-state index is 12.8. The van der Waals surface area contributed by atoms with Crippen LogP contribution >= 0.6 is 0 Å². The van der Waals surface area contributed by atoms with Gasteiger partial charge in [0.05, 0.1) is 12.6 Å². The standard InChI is InChI=1S/C15H18F3N7/c1-10-8-12(20-9-11-2-5-24(6-3-11)7-4-19)25-14(21-10)22-13(23-25)15(16,17)18/h8,11,20H,2-3,5-7,9H2,1H3. The van der Waals surface area contributed by atoms with Gasteiger partial charge in [-0.3, -0.25) is 4.90 Å². The Balaban J connectivity index is 1.71. The van der Waals surface area contributed by atoms with Crippen LogP contribution in [0.25, 0.3) is 5.78 Å². The topological polar surface area (TPSA) is 82.1 Å². The minimum atomic E-state index is -4.60. The maximum Gasteiger partial charge on any atom is 0.453 e. The van der Waals surface area contributed by atoms with Crippen molar-refractivity contribution in [1.82, 2.24) is 24.5 Å². The Kier molecular flexibility index (Phi) is 4.76. The second-order valence-electron chi connectivity index (χ2n) is 6.19. The number of nitrogens with one attached hydrogen (secondary N) is 1. The number of likely N-dealkylation sites (tertiary alicyclic amines) is 1. The van der Waals surface area contributed by atoms with Gasteiger partial charge in [0.1, 0.15) is 5.82 Å². The van der Waals surface area contributed by atoms with Gasteiger partial charge in [0.2, 0.25) is 0 Å². The molecule has 0 aromatic carbocycles. The number of anilines is 1. The molecule has 10 heteroatoms. The van der Waals surface area contributed by atoms with Crippen molar-refractivity contribution in [3.05, 3.63) is 17.6 Å². The summed E-state index contributed by atoms with van der Waals surface area (Å²) in [6.45, 7) is 4.47. The van der Waals surface area contributed by atoms with Crippen LogP contribution in [-0.2, 0) is 6.18 Å². The predicted octanol–water partition coefficient (Wildman–Crippen LogP) is 2.10. The highest BCUT2D eigenvalue weighted by Gasteiger charge is 2.36. The van der Waals surface area contributed by atoms with Gasteiger partial charge >= 0.3 is 6.18 Å². The van der Waals surface area contributed by atoms with Gasteiger partial charge in [-0.05, 0) is 38.8 Å². The van der Waals surface area contributed by atoms with E-state index in [9.17, 15) is 13.2 Å². The fraction of sp³-hybridized carbons (Fsp3) is 0.600. The van der Waals surface area contributed by atoms with Crippen molar-refractivity contribution >= 4 is 11.6 Å². The van der Waals surface area contributed by atoms with E-state index in [1.54, 1.807) is 13.0 Å². The van der Waals surface area contributed by atoms with Crippen LogP contribution in [0.1, 0.15) is 24.4 Å². The monoisotopic (exact) mass is 353 g/mol. The first kappa shape index (κ1) is 17.4. The Bertz CT molecular complexity index is 785. The number of aryl methyl sites for hydroxylation is 1. The third-order valence-corrected chi connectivity index (χ3v) is 4.27. The van der Waals surface area contributed by atoms with E-state index in [0.29, 0.717) is 30.5 Å². The minimum absolute atomic E-state index is 0.0707. The van der Waals surface area contributed by atoms with Crippen molar-refractivity contribution in [2.45, 2.75) is 25.9 Å². The summed E-state index contributed by atoms with van der Waals surface area (Å²) in [6, 6.07) is 3.80. The molecule has 25 heavy (non-hydrogen) atoms. The number of nitriles is 1. The van der Waals surface area contributed by atoms with Crippen molar-refractivity contribution in [2.75, 3.05) is 31.5 Å². The molecule has 1 aliphatic rings. The summed E-state index contributed by atoms with van der Waals surface area (Å²) in [5.74, 6) is -0.425. The van der Waals surface area contributed by atoms with Gasteiger partial charge in [-0.1, -0.05) is 0 Å². The zero-order chi connectivity index (χ0) is 18.0. The predicted molar refractivity (Wildman–Crippen MR) is 83.8 cm³/mol. The van der Waals surface area contributed by atoms with Crippen LogP contribution in [0.15, 0.2) is 6.07 Å². The first-order valence-electron chi connectivity index (χ1n) is 8.01. The SMILES string of the molecule is Cc1cc(NCC2CCN(CC#N)CC2)n2nc(C(F)(F)F)nc2n1. The molecule has 0 amide bonds. The zero-order valence-corrected chi connectivity index (χ0v) is 13.7. The molecule has 0 radical (unpaired) electrons. The van der Waals surface area contributed by atoms with E-state index in [-0.39, 0.29) is 5.78 Å². The second-order valence-corrected chi connectivity index (χ2v) is 6.19. The molecule has 2 aromatic rings. The quantitative estimate of drug-likeness (QED) is 0.848. The maximum absolute atomic E-state index is 12.8. The highest BCUT2D eigenvalue weighted by Crippen LogP contribution is 2.27. The molecule has 0 saturated carbocycles. The van der Waals surface area contributed by atoms with Crippen molar-refractivity contribution in [2.24, 2.45) is 5.92 Å². The van der Waals surface area contributed by atoms with Gasteiger partial charge in [-0.2, -0.15) is 27.9 Å². The van der Waals surface area contributed by atoms with E-state index in [2.05, 4.69) is 31.4 Å². The molecule has 1 saturated heterocycles. The van der Waals surface area contributed by atoms with Crippen LogP contribution in [-0.4, -0.2) is 50.7 Å². The molecule has 2 aromatic heterocycles. The summed E-state index contributed by atoms with van der Waals surface area (Å²) in [6.07, 6.45) is -2.73. The highest BCUT2D eigenvalue weighted by molar-refractivity contribution is 5.45. The number of piperidine rings is 1. The van der Waals surface area contributed by atoms with Gasteiger partial charge in [-0.25, -0.2) is 4.98 Å². The third-order valence-electron chi connectivity index (χ3n) is 4.27. The molecule has 3 heterocycles. The lowest BCUT2D eigenvalue weighted by Crippen LogP contribution is -2.36. The first-order valence-corrected chi connectivity index (χ1v) is 8.01. The van der Waals surface area contributed by atoms with E-state index in [4.69, 9.17) is 5.26 Å². The van der Waals surface area contributed by atoms with Crippen LogP contribution in [0.4, 0.5) is 19.0 Å². The number of fused-ring (bicyclic) bond motifs is 1. The van der Waals surface area contributed by atoms with Crippen LogP contribution in [0.3, 0.4) is 0 Å². The molecule has 1 fully saturated rings. The molecule has 0 aliphatic carbocycles. The van der Waals surface area contributed by atoms with E-state index in [1.165, 1.54) is 0 Å². The molecule has 7 nitrogen and oxygen atoms in total. The zero-order valence-electron chi connectivity index (χ0n) is 13.7. The lowest BCUT2D eigenvalue weighted by Gasteiger charge is -2.30. The number of rotatable bonds is 4. The lowest BCUT2D eigenvalue weighted by molar-refractivity contribution is -0.144. The van der Waals surface area contributed by atoms with Crippen LogP contribution in [0.2, 0.25) is 0 Å². The normalized spacial score (nSPS) is 16.9. The average Bonchev–Trinajstić information content (AvgIpc) is 2.98. The van der Waals surface area contributed by atoms with Gasteiger partial charge in [0, 0.05) is 18.3 Å². The van der Waals surface area contributed by atoms with E-state index >= 15 is 0 Å². The highest BCUT2D eigenvalue weighted by atomic mass is 19.4. The van der Waals surface area contributed by atoms with Crippen molar-refractivity contribution < 1.29 is 13.2 Å².